The van der Waals surface area contributed by atoms with Crippen LogP contribution in [0.15, 0.2) is 12.1 Å². The molecule has 0 amide bonds. The van der Waals surface area contributed by atoms with Crippen LogP contribution >= 0.6 is 23.2 Å². The first-order valence-corrected chi connectivity index (χ1v) is 7.23. The van der Waals surface area contributed by atoms with Gasteiger partial charge in [0.25, 0.3) is 0 Å². The first-order chi connectivity index (χ1) is 8.91. The number of hydrogen-bond acceptors (Lipinski definition) is 3. The van der Waals surface area contributed by atoms with Crippen LogP contribution in [0, 0.1) is 11.3 Å². The summed E-state index contributed by atoms with van der Waals surface area (Å²) in [6.45, 7) is 5.26. The molecule has 0 radical (unpaired) electrons. The number of rotatable bonds is 2. The lowest BCUT2D eigenvalue weighted by Gasteiger charge is -2.55. The zero-order valence-corrected chi connectivity index (χ0v) is 12.4. The Kier molecular flexibility index (Phi) is 3.12. The van der Waals surface area contributed by atoms with E-state index in [1.165, 1.54) is 0 Å². The molecule has 104 valence electrons. The lowest BCUT2D eigenvalue weighted by molar-refractivity contribution is -0.0923. The van der Waals surface area contributed by atoms with Gasteiger partial charge in [0.15, 0.2) is 5.75 Å². The van der Waals surface area contributed by atoms with Crippen molar-refractivity contribution in [3.8, 4) is 5.75 Å². The van der Waals surface area contributed by atoms with Crippen LogP contribution in [-0.2, 0) is 4.74 Å². The van der Waals surface area contributed by atoms with Gasteiger partial charge >= 0.3 is 0 Å². The second kappa shape index (κ2) is 4.44. The molecule has 0 bridgehead atoms. The fourth-order valence-electron chi connectivity index (χ4n) is 3.45. The number of nitrogens with one attached hydrogen (secondary N) is 1. The average Bonchev–Trinajstić information content (AvgIpc) is 2.79. The number of fused-ring (bicyclic) bond motifs is 1. The highest BCUT2D eigenvalue weighted by Crippen LogP contribution is 2.53. The number of anilines is 1. The van der Waals surface area contributed by atoms with Gasteiger partial charge in [-0.3, -0.25) is 0 Å². The zero-order chi connectivity index (χ0) is 13.8. The lowest BCUT2D eigenvalue weighted by Crippen LogP contribution is -2.63. The highest BCUT2D eigenvalue weighted by Gasteiger charge is 2.59. The predicted octanol–water partition coefficient (Wildman–Crippen LogP) is 3.92. The van der Waals surface area contributed by atoms with Crippen LogP contribution in [-0.4, -0.2) is 23.9 Å². The third kappa shape index (κ3) is 1.99. The predicted molar refractivity (Wildman–Crippen MR) is 77.2 cm³/mol. The fourth-order valence-corrected chi connectivity index (χ4v) is 3.93. The van der Waals surface area contributed by atoms with Gasteiger partial charge in [0.1, 0.15) is 0 Å². The molecule has 1 saturated carbocycles. The van der Waals surface area contributed by atoms with E-state index in [4.69, 9.17) is 27.9 Å². The molecule has 1 aromatic rings. The largest absolute Gasteiger partial charge is 0.505 e. The van der Waals surface area contributed by atoms with Gasteiger partial charge in [-0.25, -0.2) is 0 Å². The second-order valence-corrected chi connectivity index (χ2v) is 6.79. The van der Waals surface area contributed by atoms with E-state index in [9.17, 15) is 5.11 Å². The summed E-state index contributed by atoms with van der Waals surface area (Å²) < 4.78 is 5.77. The van der Waals surface area contributed by atoms with Crippen LogP contribution in [0.4, 0.5) is 5.69 Å². The third-order valence-corrected chi connectivity index (χ3v) is 5.02. The maximum Gasteiger partial charge on any atom is 0.152 e. The first kappa shape index (κ1) is 13.3. The highest BCUT2D eigenvalue weighted by molar-refractivity contribution is 6.37. The van der Waals surface area contributed by atoms with E-state index in [-0.39, 0.29) is 21.2 Å². The Balaban J connectivity index is 1.82. The SMILES string of the molecule is CC1(C)C(Nc2cc(Cl)c(O)c(Cl)c2)C2CCOC21. The van der Waals surface area contributed by atoms with E-state index in [2.05, 4.69) is 19.2 Å². The molecule has 1 aromatic carbocycles. The molecule has 1 saturated heterocycles. The van der Waals surface area contributed by atoms with Gasteiger partial charge in [0.05, 0.1) is 16.1 Å². The average molecular weight is 302 g/mol. The van der Waals surface area contributed by atoms with Crippen LogP contribution in [0.1, 0.15) is 20.3 Å². The van der Waals surface area contributed by atoms with E-state index < -0.39 is 0 Å². The number of aromatic hydroxyl groups is 1. The molecule has 2 N–H and O–H groups in total. The minimum Gasteiger partial charge on any atom is -0.505 e. The smallest absolute Gasteiger partial charge is 0.152 e. The van der Waals surface area contributed by atoms with Crippen molar-refractivity contribution < 1.29 is 9.84 Å². The van der Waals surface area contributed by atoms with E-state index in [0.29, 0.717) is 18.1 Å². The summed E-state index contributed by atoms with van der Waals surface area (Å²) in [7, 11) is 0. The molecule has 3 unspecified atom stereocenters. The molecule has 5 heteroatoms. The van der Waals surface area contributed by atoms with Gasteiger partial charge in [0.2, 0.25) is 0 Å². The van der Waals surface area contributed by atoms with Crippen LogP contribution in [0.3, 0.4) is 0 Å². The van der Waals surface area contributed by atoms with Crippen molar-refractivity contribution in [3.63, 3.8) is 0 Å². The Morgan fingerprint density at radius 1 is 1.32 bits per heavy atom. The summed E-state index contributed by atoms with van der Waals surface area (Å²) in [5, 5.41) is 13.6. The molecule has 3 rings (SSSR count). The summed E-state index contributed by atoms with van der Waals surface area (Å²) in [4.78, 5) is 0. The van der Waals surface area contributed by atoms with Gasteiger partial charge in [-0.15, -0.1) is 0 Å². The van der Waals surface area contributed by atoms with Crippen molar-refractivity contribution in [3.05, 3.63) is 22.2 Å². The number of halogens is 2. The van der Waals surface area contributed by atoms with E-state index in [0.717, 1.165) is 18.7 Å². The summed E-state index contributed by atoms with van der Waals surface area (Å²) >= 11 is 11.9. The van der Waals surface area contributed by atoms with Gasteiger partial charge in [-0.05, 0) is 18.6 Å². The van der Waals surface area contributed by atoms with Gasteiger partial charge in [0, 0.05) is 29.7 Å². The minimum absolute atomic E-state index is 0.0659. The Morgan fingerprint density at radius 2 is 1.95 bits per heavy atom. The molecule has 1 aliphatic carbocycles. The van der Waals surface area contributed by atoms with Crippen molar-refractivity contribution in [2.24, 2.45) is 11.3 Å². The van der Waals surface area contributed by atoms with Crippen molar-refractivity contribution >= 4 is 28.9 Å². The van der Waals surface area contributed by atoms with Gasteiger partial charge in [-0.2, -0.15) is 0 Å². The van der Waals surface area contributed by atoms with E-state index in [1.807, 2.05) is 0 Å². The molecular weight excluding hydrogens is 285 g/mol. The molecule has 0 aromatic heterocycles. The van der Waals surface area contributed by atoms with Crippen LogP contribution in [0.2, 0.25) is 10.0 Å². The highest BCUT2D eigenvalue weighted by atomic mass is 35.5. The Bertz CT molecular complexity index is 495. The molecule has 2 fully saturated rings. The first-order valence-electron chi connectivity index (χ1n) is 6.47. The molecule has 1 heterocycles. The summed E-state index contributed by atoms with van der Waals surface area (Å²) in [6.07, 6.45) is 1.43. The molecule has 0 spiro atoms. The van der Waals surface area contributed by atoms with Crippen molar-refractivity contribution in [2.45, 2.75) is 32.4 Å². The summed E-state index contributed by atoms with van der Waals surface area (Å²) in [5.41, 5.74) is 0.939. The molecule has 2 aliphatic rings. The number of phenols is 1. The standard InChI is InChI=1S/C14H17Cl2NO2/c1-14(2)12(8-3-4-19-13(8)14)17-7-5-9(15)11(18)10(16)6-7/h5-6,8,12-13,17-18H,3-4H2,1-2H3. The monoisotopic (exact) mass is 301 g/mol. The lowest BCUT2D eigenvalue weighted by atomic mass is 9.57. The number of benzene rings is 1. The Labute approximate surface area is 122 Å². The minimum atomic E-state index is -0.0659. The van der Waals surface area contributed by atoms with Crippen LogP contribution in [0.25, 0.3) is 0 Å². The van der Waals surface area contributed by atoms with Gasteiger partial charge in [-0.1, -0.05) is 37.0 Å². The fraction of sp³-hybridized carbons (Fsp3) is 0.571. The Hall–Kier alpha value is -0.640. The molecular formula is C14H17Cl2NO2. The van der Waals surface area contributed by atoms with Crippen LogP contribution in [0.5, 0.6) is 5.75 Å². The topological polar surface area (TPSA) is 41.5 Å². The van der Waals surface area contributed by atoms with Crippen molar-refractivity contribution in [1.82, 2.24) is 0 Å². The maximum atomic E-state index is 9.58. The summed E-state index contributed by atoms with van der Waals surface area (Å²) in [6, 6.07) is 3.76. The number of ether oxygens (including phenoxy) is 1. The zero-order valence-electron chi connectivity index (χ0n) is 10.9. The normalized spacial score (nSPS) is 31.7. The molecule has 3 atom stereocenters. The van der Waals surface area contributed by atoms with Crippen LogP contribution < -0.4 is 5.32 Å². The van der Waals surface area contributed by atoms with Crippen molar-refractivity contribution in [1.29, 1.82) is 0 Å². The number of hydrogen-bond donors (Lipinski definition) is 2. The maximum absolute atomic E-state index is 9.58. The Morgan fingerprint density at radius 3 is 2.58 bits per heavy atom. The third-order valence-electron chi connectivity index (χ3n) is 4.44. The van der Waals surface area contributed by atoms with Crippen molar-refractivity contribution in [2.75, 3.05) is 11.9 Å². The second-order valence-electron chi connectivity index (χ2n) is 5.98. The molecule has 3 nitrogen and oxygen atoms in total. The van der Waals surface area contributed by atoms with E-state index in [1.54, 1.807) is 12.1 Å². The molecule has 19 heavy (non-hydrogen) atoms. The number of phenolic OH excluding ortho intramolecular Hbond substituents is 1. The van der Waals surface area contributed by atoms with E-state index >= 15 is 0 Å². The molecule has 1 aliphatic heterocycles. The summed E-state index contributed by atoms with van der Waals surface area (Å²) in [5.74, 6) is 0.477. The van der Waals surface area contributed by atoms with Gasteiger partial charge < -0.3 is 15.2 Å². The quantitative estimate of drug-likeness (QED) is 0.814.